The number of aliphatic hydroxyl groups excluding tert-OH is 7. The van der Waals surface area contributed by atoms with E-state index in [4.69, 9.17) is 5.11 Å². The highest BCUT2D eigenvalue weighted by molar-refractivity contribution is 7.98. The maximum Gasteiger partial charge on any atom is 0.245 e. The number of hydrogen-bond donors (Lipinski definition) is 7. The van der Waals surface area contributed by atoms with Gasteiger partial charge in [-0.25, -0.2) is 8.42 Å². The van der Waals surface area contributed by atoms with Crippen LogP contribution in [0, 0.1) is 0 Å². The molecule has 1 aliphatic rings. The lowest BCUT2D eigenvalue weighted by molar-refractivity contribution is -0.119. The highest BCUT2D eigenvalue weighted by Gasteiger charge is 2.56. The normalized spacial score (nSPS) is 33.6. The van der Waals surface area contributed by atoms with Gasteiger partial charge in [0.15, 0.2) is 24.1 Å². The number of hydrogen-bond acceptors (Lipinski definition) is 11. The van der Waals surface area contributed by atoms with Crippen LogP contribution in [0.25, 0.3) is 0 Å². The first kappa shape index (κ1) is 22.9. The Morgan fingerprint density at radius 2 is 1.76 bits per heavy atom. The van der Waals surface area contributed by atoms with Crippen LogP contribution in [0.4, 0.5) is 0 Å². The molecule has 0 aromatic carbocycles. The summed E-state index contributed by atoms with van der Waals surface area (Å²) in [6, 6.07) is 0. The second-order valence-electron chi connectivity index (χ2n) is 5.53. The van der Waals surface area contributed by atoms with Gasteiger partial charge in [0.05, 0.1) is 6.61 Å². The van der Waals surface area contributed by atoms with Crippen molar-refractivity contribution in [1.82, 2.24) is 0 Å². The minimum absolute atomic E-state index is 0.238. The summed E-state index contributed by atoms with van der Waals surface area (Å²) in [5.74, 6) is -0.238. The van der Waals surface area contributed by atoms with E-state index in [2.05, 4.69) is 4.18 Å². The summed E-state index contributed by atoms with van der Waals surface area (Å²) >= 11 is 0. The Labute approximate surface area is 146 Å². The molecule has 0 aliphatic carbocycles. The summed E-state index contributed by atoms with van der Waals surface area (Å²) in [6.07, 6.45) is -11.3. The van der Waals surface area contributed by atoms with Crippen molar-refractivity contribution in [1.29, 1.82) is 0 Å². The SMILES string of the molecule is O=S(=O)([O-])O[C@@H]([C@H](O)[C@H](O)C[OH2+])[C@@H](O)C(O)[S+]1C[C@@H](O)[C@H](O)[C@H]1CO. The van der Waals surface area contributed by atoms with E-state index in [0.29, 0.717) is 0 Å². The Morgan fingerprint density at radius 3 is 2.20 bits per heavy atom. The molecule has 0 aromatic rings. The second-order valence-corrected chi connectivity index (χ2v) is 8.90. The molecule has 1 aliphatic heterocycles. The van der Waals surface area contributed by atoms with E-state index in [1.807, 2.05) is 0 Å². The zero-order valence-corrected chi connectivity index (χ0v) is 14.5. The van der Waals surface area contributed by atoms with Crippen molar-refractivity contribution in [3.63, 3.8) is 0 Å². The molecule has 1 rings (SSSR count). The van der Waals surface area contributed by atoms with E-state index in [-0.39, 0.29) is 5.75 Å². The van der Waals surface area contributed by atoms with Crippen LogP contribution in [-0.4, -0.2) is 120 Å². The first-order valence-electron chi connectivity index (χ1n) is 7.11. The van der Waals surface area contributed by atoms with Gasteiger partial charge < -0.3 is 45.4 Å². The van der Waals surface area contributed by atoms with Gasteiger partial charge in [0.1, 0.15) is 30.2 Å². The molecule has 9 atom stereocenters. The fraction of sp³-hybridized carbons (Fsp3) is 1.00. The molecule has 25 heavy (non-hydrogen) atoms. The summed E-state index contributed by atoms with van der Waals surface area (Å²) in [6.45, 7) is -1.47. The van der Waals surface area contributed by atoms with Crippen LogP contribution >= 0.6 is 0 Å². The number of aliphatic hydroxyl groups is 7. The molecule has 0 radical (unpaired) electrons. The molecular weight excluding hydrogens is 388 g/mol. The van der Waals surface area contributed by atoms with E-state index in [1.165, 1.54) is 0 Å². The molecule has 1 fully saturated rings. The third-order valence-electron chi connectivity index (χ3n) is 3.82. The zero-order chi connectivity index (χ0) is 19.5. The van der Waals surface area contributed by atoms with Gasteiger partial charge in [0.2, 0.25) is 15.8 Å². The molecule has 0 bridgehead atoms. The second kappa shape index (κ2) is 9.20. The summed E-state index contributed by atoms with van der Waals surface area (Å²) in [5.41, 5.74) is -1.90. The van der Waals surface area contributed by atoms with Gasteiger partial charge in [-0.15, -0.1) is 0 Å². The van der Waals surface area contributed by atoms with E-state index in [9.17, 15) is 48.7 Å². The molecule has 9 N–H and O–H groups in total. The third kappa shape index (κ3) is 5.69. The fourth-order valence-electron chi connectivity index (χ4n) is 2.46. The molecule has 2 unspecified atom stereocenters. The number of rotatable bonds is 9. The molecule has 1 saturated heterocycles. The predicted octanol–water partition coefficient (Wildman–Crippen LogP) is -6.33. The van der Waals surface area contributed by atoms with Crippen LogP contribution in [0.1, 0.15) is 0 Å². The molecule has 0 saturated carbocycles. The van der Waals surface area contributed by atoms with Gasteiger partial charge in [0, 0.05) is 10.9 Å². The Morgan fingerprint density at radius 1 is 1.20 bits per heavy atom. The van der Waals surface area contributed by atoms with Crippen molar-refractivity contribution < 1.29 is 58.0 Å². The molecule has 0 spiro atoms. The third-order valence-corrected chi connectivity index (χ3v) is 7.10. The molecular formula is C11H23O12S2+. The minimum atomic E-state index is -5.45. The van der Waals surface area contributed by atoms with Gasteiger partial charge in [0.25, 0.3) is 0 Å². The zero-order valence-electron chi connectivity index (χ0n) is 12.8. The highest BCUT2D eigenvalue weighted by atomic mass is 32.3. The van der Waals surface area contributed by atoms with Crippen molar-refractivity contribution in [3.05, 3.63) is 0 Å². The summed E-state index contributed by atoms with van der Waals surface area (Å²) in [5, 5.41) is 74.2. The Kier molecular flexibility index (Phi) is 8.45. The van der Waals surface area contributed by atoms with Crippen LogP contribution in [0.2, 0.25) is 0 Å². The lowest BCUT2D eigenvalue weighted by atomic mass is 10.0. The van der Waals surface area contributed by atoms with Crippen molar-refractivity contribution in [2.24, 2.45) is 0 Å². The monoisotopic (exact) mass is 411 g/mol. The van der Waals surface area contributed by atoms with Crippen molar-refractivity contribution in [2.45, 2.75) is 47.3 Å². The Bertz CT molecular complexity index is 515. The lowest BCUT2D eigenvalue weighted by Gasteiger charge is -2.31. The first-order chi connectivity index (χ1) is 11.4. The van der Waals surface area contributed by atoms with E-state index in [1.54, 1.807) is 0 Å². The predicted molar refractivity (Wildman–Crippen MR) is 82.2 cm³/mol. The van der Waals surface area contributed by atoms with Gasteiger partial charge in [-0.05, 0) is 0 Å². The minimum Gasteiger partial charge on any atom is -0.726 e. The average Bonchev–Trinajstić information content (AvgIpc) is 2.83. The smallest absolute Gasteiger partial charge is 0.245 e. The Balaban J connectivity index is 3.04. The molecule has 14 heteroatoms. The lowest BCUT2D eigenvalue weighted by Crippen LogP contribution is -2.55. The molecule has 1 heterocycles. The molecule has 0 amide bonds. The maximum absolute atomic E-state index is 10.8. The maximum atomic E-state index is 10.8. The summed E-state index contributed by atoms with van der Waals surface area (Å²) in [4.78, 5) is 0. The van der Waals surface area contributed by atoms with Gasteiger partial charge in [-0.3, -0.25) is 4.18 Å². The molecule has 0 aromatic heterocycles. The Hall–Kier alpha value is -0.100. The first-order valence-corrected chi connectivity index (χ1v) is 9.96. The van der Waals surface area contributed by atoms with Crippen molar-refractivity contribution in [2.75, 3.05) is 19.0 Å². The van der Waals surface area contributed by atoms with Gasteiger partial charge in [-0.2, -0.15) is 0 Å². The highest BCUT2D eigenvalue weighted by Crippen LogP contribution is 2.30. The van der Waals surface area contributed by atoms with Crippen LogP contribution in [0.5, 0.6) is 0 Å². The van der Waals surface area contributed by atoms with Crippen LogP contribution in [0.3, 0.4) is 0 Å². The van der Waals surface area contributed by atoms with Gasteiger partial charge >= 0.3 is 0 Å². The molecule has 12 nitrogen and oxygen atoms in total. The van der Waals surface area contributed by atoms with E-state index >= 15 is 0 Å². The van der Waals surface area contributed by atoms with Crippen molar-refractivity contribution >= 4 is 21.3 Å². The molecule has 150 valence electrons. The quantitative estimate of drug-likeness (QED) is 0.107. The standard InChI is InChI=1S/C11H22O12S2/c12-1-4(14)8(17)10(23-25(20,21)22)9(18)11(19)24-3-5(15)7(16)6(24)2-13/h4-19H,1-3H2/p+1/t4-,5-,6-,7+,8-,9-,10+,11?,24?/m1/s1. The largest absolute Gasteiger partial charge is 0.726 e. The van der Waals surface area contributed by atoms with Gasteiger partial charge in [-0.1, -0.05) is 0 Å². The van der Waals surface area contributed by atoms with Crippen molar-refractivity contribution in [3.8, 4) is 0 Å². The summed E-state index contributed by atoms with van der Waals surface area (Å²) < 4.78 is 36.4. The average molecular weight is 411 g/mol. The van der Waals surface area contributed by atoms with Crippen LogP contribution < -0.4 is 0 Å². The van der Waals surface area contributed by atoms with Crippen LogP contribution in [-0.2, 0) is 25.5 Å². The van der Waals surface area contributed by atoms with Crippen LogP contribution in [0.15, 0.2) is 0 Å². The summed E-state index contributed by atoms with van der Waals surface area (Å²) in [7, 11) is -6.89. The fourth-order valence-corrected chi connectivity index (χ4v) is 5.60. The topological polar surface area (TPSA) is 231 Å². The van der Waals surface area contributed by atoms with E-state index < -0.39 is 81.8 Å². The van der Waals surface area contributed by atoms with E-state index in [0.717, 1.165) is 0 Å².